The molecular weight excluding hydrogens is 277 g/mol. The van der Waals surface area contributed by atoms with Gasteiger partial charge in [0.15, 0.2) is 0 Å². The minimum absolute atomic E-state index is 0.207. The van der Waals surface area contributed by atoms with Crippen LogP contribution in [0.1, 0.15) is 27.2 Å². The molecule has 0 aliphatic carbocycles. The van der Waals surface area contributed by atoms with Crippen molar-refractivity contribution in [2.24, 2.45) is 0 Å². The second-order valence-electron chi connectivity index (χ2n) is 4.17. The van der Waals surface area contributed by atoms with Crippen molar-refractivity contribution in [2.45, 2.75) is 19.9 Å². The van der Waals surface area contributed by atoms with Gasteiger partial charge in [0, 0.05) is 18.1 Å². The number of anilines is 1. The van der Waals surface area contributed by atoms with E-state index >= 15 is 0 Å². The molecule has 0 spiro atoms. The van der Waals surface area contributed by atoms with Gasteiger partial charge in [0.2, 0.25) is 0 Å². The van der Waals surface area contributed by atoms with E-state index in [1.807, 2.05) is 6.20 Å². The SMILES string of the molecule is CCc1cnc(CNC(=O)c2cccc(F)c2NC)s1. The van der Waals surface area contributed by atoms with Crippen LogP contribution in [0.3, 0.4) is 0 Å². The Hall–Kier alpha value is -1.95. The fraction of sp³-hybridized carbons (Fsp3) is 0.286. The number of aryl methyl sites for hydroxylation is 1. The molecule has 20 heavy (non-hydrogen) atoms. The zero-order chi connectivity index (χ0) is 14.5. The fourth-order valence-corrected chi connectivity index (χ4v) is 2.61. The number of nitrogens with one attached hydrogen (secondary N) is 2. The highest BCUT2D eigenvalue weighted by molar-refractivity contribution is 7.11. The second kappa shape index (κ2) is 6.47. The van der Waals surface area contributed by atoms with E-state index in [0.717, 1.165) is 11.4 Å². The number of aromatic nitrogens is 1. The van der Waals surface area contributed by atoms with Crippen LogP contribution in [0, 0.1) is 5.82 Å². The number of rotatable bonds is 5. The second-order valence-corrected chi connectivity index (χ2v) is 5.37. The molecule has 2 rings (SSSR count). The number of benzene rings is 1. The van der Waals surface area contributed by atoms with Crippen molar-refractivity contribution in [2.75, 3.05) is 12.4 Å². The maximum absolute atomic E-state index is 13.6. The lowest BCUT2D eigenvalue weighted by Crippen LogP contribution is -2.24. The molecule has 0 aliphatic heterocycles. The van der Waals surface area contributed by atoms with Gasteiger partial charge in [-0.25, -0.2) is 9.37 Å². The highest BCUT2D eigenvalue weighted by Crippen LogP contribution is 2.19. The standard InChI is InChI=1S/C14H16FN3OS/c1-3-9-7-17-12(20-9)8-18-14(19)10-5-4-6-11(15)13(10)16-2/h4-7,16H,3,8H2,1-2H3,(H,18,19). The molecule has 0 unspecified atom stereocenters. The summed E-state index contributed by atoms with van der Waals surface area (Å²) in [6.45, 7) is 2.41. The van der Waals surface area contributed by atoms with Gasteiger partial charge in [0.25, 0.3) is 5.91 Å². The summed E-state index contributed by atoms with van der Waals surface area (Å²) < 4.78 is 13.6. The molecule has 1 aromatic carbocycles. The highest BCUT2D eigenvalue weighted by Gasteiger charge is 2.14. The molecule has 2 N–H and O–H groups in total. The first kappa shape index (κ1) is 14.5. The number of para-hydroxylation sites is 1. The van der Waals surface area contributed by atoms with Crippen molar-refractivity contribution in [1.29, 1.82) is 0 Å². The van der Waals surface area contributed by atoms with E-state index in [4.69, 9.17) is 0 Å². The lowest BCUT2D eigenvalue weighted by Gasteiger charge is -2.09. The first-order chi connectivity index (χ1) is 9.65. The number of amides is 1. The number of carbonyl (C=O) groups is 1. The fourth-order valence-electron chi connectivity index (χ4n) is 1.81. The lowest BCUT2D eigenvalue weighted by atomic mass is 10.1. The number of hydrogen-bond donors (Lipinski definition) is 2. The van der Waals surface area contributed by atoms with E-state index in [0.29, 0.717) is 12.1 Å². The Labute approximate surface area is 121 Å². The summed E-state index contributed by atoms with van der Waals surface area (Å²) in [5, 5.41) is 6.31. The monoisotopic (exact) mass is 293 g/mol. The van der Waals surface area contributed by atoms with E-state index in [1.165, 1.54) is 17.0 Å². The molecule has 2 aromatic rings. The number of carbonyl (C=O) groups excluding carboxylic acids is 1. The molecule has 0 aliphatic rings. The van der Waals surface area contributed by atoms with E-state index in [1.54, 1.807) is 24.5 Å². The van der Waals surface area contributed by atoms with Crippen molar-refractivity contribution < 1.29 is 9.18 Å². The van der Waals surface area contributed by atoms with E-state index in [9.17, 15) is 9.18 Å². The Kier molecular flexibility index (Phi) is 4.68. The average molecular weight is 293 g/mol. The Balaban J connectivity index is 2.07. The quantitative estimate of drug-likeness (QED) is 0.891. The van der Waals surface area contributed by atoms with Crippen molar-refractivity contribution in [3.63, 3.8) is 0 Å². The number of hydrogen-bond acceptors (Lipinski definition) is 4. The molecular formula is C14H16FN3OS. The third kappa shape index (κ3) is 3.14. The Morgan fingerprint density at radius 3 is 2.90 bits per heavy atom. The predicted molar refractivity (Wildman–Crippen MR) is 78.6 cm³/mol. The smallest absolute Gasteiger partial charge is 0.253 e. The van der Waals surface area contributed by atoms with Crippen molar-refractivity contribution in [1.82, 2.24) is 10.3 Å². The molecule has 6 heteroatoms. The number of halogens is 1. The maximum Gasteiger partial charge on any atom is 0.253 e. The van der Waals surface area contributed by atoms with Gasteiger partial charge in [0.1, 0.15) is 10.8 Å². The molecule has 4 nitrogen and oxygen atoms in total. The topological polar surface area (TPSA) is 54.0 Å². The van der Waals surface area contributed by atoms with Gasteiger partial charge in [-0.15, -0.1) is 11.3 Å². The summed E-state index contributed by atoms with van der Waals surface area (Å²) in [4.78, 5) is 17.5. The summed E-state index contributed by atoms with van der Waals surface area (Å²) in [6.07, 6.45) is 2.74. The highest BCUT2D eigenvalue weighted by atomic mass is 32.1. The van der Waals surface area contributed by atoms with Crippen LogP contribution >= 0.6 is 11.3 Å². The Morgan fingerprint density at radius 2 is 2.25 bits per heavy atom. The van der Waals surface area contributed by atoms with Crippen molar-refractivity contribution >= 4 is 22.9 Å². The van der Waals surface area contributed by atoms with Crippen LogP contribution in [0.2, 0.25) is 0 Å². The first-order valence-corrected chi connectivity index (χ1v) is 7.15. The van der Waals surface area contributed by atoms with Crippen LogP contribution in [0.25, 0.3) is 0 Å². The largest absolute Gasteiger partial charge is 0.385 e. The summed E-state index contributed by atoms with van der Waals surface area (Å²) in [7, 11) is 1.59. The zero-order valence-electron chi connectivity index (χ0n) is 11.4. The Bertz CT molecular complexity index is 612. The minimum atomic E-state index is -0.442. The van der Waals surface area contributed by atoms with Gasteiger partial charge in [-0.3, -0.25) is 4.79 Å². The van der Waals surface area contributed by atoms with Gasteiger partial charge >= 0.3 is 0 Å². The number of nitrogens with zero attached hydrogens (tertiary/aromatic N) is 1. The molecule has 1 aromatic heterocycles. The summed E-state index contributed by atoms with van der Waals surface area (Å²) in [5.41, 5.74) is 0.498. The average Bonchev–Trinajstić information content (AvgIpc) is 2.92. The van der Waals surface area contributed by atoms with Crippen LogP contribution < -0.4 is 10.6 Å². The molecule has 0 saturated carbocycles. The van der Waals surface area contributed by atoms with Crippen LogP contribution in [-0.2, 0) is 13.0 Å². The van der Waals surface area contributed by atoms with Crippen LogP contribution in [0.4, 0.5) is 10.1 Å². The lowest BCUT2D eigenvalue weighted by molar-refractivity contribution is 0.0951. The molecule has 1 amide bonds. The van der Waals surface area contributed by atoms with Gasteiger partial charge in [-0.05, 0) is 18.6 Å². The van der Waals surface area contributed by atoms with Crippen LogP contribution in [-0.4, -0.2) is 17.9 Å². The molecule has 1 heterocycles. The molecule has 0 bridgehead atoms. The molecule has 0 radical (unpaired) electrons. The van der Waals surface area contributed by atoms with E-state index in [-0.39, 0.29) is 11.6 Å². The molecule has 0 atom stereocenters. The maximum atomic E-state index is 13.6. The summed E-state index contributed by atoms with van der Waals surface area (Å²) in [5.74, 6) is -0.759. The normalized spacial score (nSPS) is 10.3. The van der Waals surface area contributed by atoms with E-state index in [2.05, 4.69) is 22.5 Å². The minimum Gasteiger partial charge on any atom is -0.385 e. The van der Waals surface area contributed by atoms with Gasteiger partial charge in [0.05, 0.1) is 17.8 Å². The van der Waals surface area contributed by atoms with Crippen molar-refractivity contribution in [3.05, 3.63) is 45.7 Å². The van der Waals surface area contributed by atoms with E-state index < -0.39 is 5.82 Å². The summed E-state index contributed by atoms with van der Waals surface area (Å²) in [6, 6.07) is 4.42. The third-order valence-corrected chi connectivity index (χ3v) is 4.00. The van der Waals surface area contributed by atoms with Crippen molar-refractivity contribution in [3.8, 4) is 0 Å². The Morgan fingerprint density at radius 1 is 1.45 bits per heavy atom. The molecule has 0 saturated heterocycles. The van der Waals surface area contributed by atoms with Gasteiger partial charge in [-0.2, -0.15) is 0 Å². The third-order valence-electron chi connectivity index (χ3n) is 2.86. The number of thiazole rings is 1. The summed E-state index contributed by atoms with van der Waals surface area (Å²) >= 11 is 1.57. The molecule has 106 valence electrons. The zero-order valence-corrected chi connectivity index (χ0v) is 12.2. The van der Waals surface area contributed by atoms with Gasteiger partial charge < -0.3 is 10.6 Å². The predicted octanol–water partition coefficient (Wildman–Crippen LogP) is 2.82. The van der Waals surface area contributed by atoms with Gasteiger partial charge in [-0.1, -0.05) is 13.0 Å². The van der Waals surface area contributed by atoms with Crippen LogP contribution in [0.15, 0.2) is 24.4 Å². The van der Waals surface area contributed by atoms with Crippen LogP contribution in [0.5, 0.6) is 0 Å². The molecule has 0 fully saturated rings. The first-order valence-electron chi connectivity index (χ1n) is 6.33.